The first kappa shape index (κ1) is 10.1. The van der Waals surface area contributed by atoms with Gasteiger partial charge in [-0.15, -0.1) is 0 Å². The molecular weight excluding hydrogens is 314 g/mol. The van der Waals surface area contributed by atoms with Crippen molar-refractivity contribution in [2.45, 2.75) is 0 Å². The van der Waals surface area contributed by atoms with Gasteiger partial charge in [0.25, 0.3) is 0 Å². The van der Waals surface area contributed by atoms with Crippen LogP contribution >= 0.6 is 45.8 Å². The summed E-state index contributed by atoms with van der Waals surface area (Å²) in [4.78, 5) is 10.5. The molecule has 5 heteroatoms. The molecule has 0 unspecified atom stereocenters. The molecule has 0 heterocycles. The van der Waals surface area contributed by atoms with Crippen molar-refractivity contribution < 1.29 is 9.90 Å². The summed E-state index contributed by atoms with van der Waals surface area (Å²) >= 11 is 13.1. The van der Waals surface area contributed by atoms with Crippen LogP contribution in [0.15, 0.2) is 12.1 Å². The monoisotopic (exact) mass is 315 g/mol. The first-order valence-electron chi connectivity index (χ1n) is 2.88. The van der Waals surface area contributed by atoms with Crippen LogP contribution in [0.1, 0.15) is 10.4 Å². The molecule has 64 valence electrons. The van der Waals surface area contributed by atoms with E-state index >= 15 is 0 Å². The molecule has 1 rings (SSSR count). The minimum Gasteiger partial charge on any atom is -0.545 e. The summed E-state index contributed by atoms with van der Waals surface area (Å²) in [6, 6.07) is 2.79. The molecule has 0 aliphatic heterocycles. The van der Waals surface area contributed by atoms with Crippen LogP contribution in [0.5, 0.6) is 0 Å². The van der Waals surface area contributed by atoms with Crippen molar-refractivity contribution in [1.29, 1.82) is 0 Å². The third kappa shape index (κ3) is 2.02. The molecular formula is C7H2Cl2IO2-. The zero-order chi connectivity index (χ0) is 9.30. The van der Waals surface area contributed by atoms with Gasteiger partial charge in [-0.25, -0.2) is 0 Å². The molecule has 0 atom stereocenters. The Bertz CT molecular complexity index is 338. The predicted octanol–water partition coefficient (Wildman–Crippen LogP) is 1.96. The molecule has 12 heavy (non-hydrogen) atoms. The Balaban J connectivity index is 3.37. The van der Waals surface area contributed by atoms with E-state index in [0.29, 0.717) is 13.6 Å². The summed E-state index contributed by atoms with van der Waals surface area (Å²) in [5.74, 6) is -1.27. The summed E-state index contributed by atoms with van der Waals surface area (Å²) in [5.41, 5.74) is 0.0214. The van der Waals surface area contributed by atoms with Crippen molar-refractivity contribution in [1.82, 2.24) is 0 Å². The van der Waals surface area contributed by atoms with Crippen LogP contribution in [-0.2, 0) is 0 Å². The van der Waals surface area contributed by atoms with Gasteiger partial charge in [-0.1, -0.05) is 23.2 Å². The van der Waals surface area contributed by atoms with Crippen LogP contribution in [0.3, 0.4) is 0 Å². The Morgan fingerprint density at radius 2 is 2.00 bits per heavy atom. The average molecular weight is 316 g/mol. The van der Waals surface area contributed by atoms with Crippen molar-refractivity contribution >= 4 is 51.8 Å². The fraction of sp³-hybridized carbons (Fsp3) is 0. The maximum Gasteiger partial charge on any atom is 0.0727 e. The van der Waals surface area contributed by atoms with E-state index in [1.807, 2.05) is 22.6 Å². The van der Waals surface area contributed by atoms with E-state index < -0.39 is 5.97 Å². The highest BCUT2D eigenvalue weighted by molar-refractivity contribution is 14.1. The number of halogens is 3. The largest absolute Gasteiger partial charge is 0.545 e. The van der Waals surface area contributed by atoms with Gasteiger partial charge in [-0.2, -0.15) is 0 Å². The van der Waals surface area contributed by atoms with E-state index in [1.165, 1.54) is 12.1 Å². The van der Waals surface area contributed by atoms with Crippen LogP contribution in [0.25, 0.3) is 0 Å². The Hall–Kier alpha value is -0.000000000000000111. The first-order chi connectivity index (χ1) is 5.52. The van der Waals surface area contributed by atoms with E-state index in [2.05, 4.69) is 0 Å². The summed E-state index contributed by atoms with van der Waals surface area (Å²) in [6.45, 7) is 0. The fourth-order valence-corrected chi connectivity index (χ4v) is 1.73. The Kier molecular flexibility index (Phi) is 3.20. The van der Waals surface area contributed by atoms with E-state index in [0.717, 1.165) is 0 Å². The summed E-state index contributed by atoms with van der Waals surface area (Å²) in [7, 11) is 0. The van der Waals surface area contributed by atoms with E-state index in [9.17, 15) is 9.90 Å². The van der Waals surface area contributed by atoms with Crippen molar-refractivity contribution in [2.24, 2.45) is 0 Å². The topological polar surface area (TPSA) is 40.1 Å². The summed E-state index contributed by atoms with van der Waals surface area (Å²) < 4.78 is 0.443. The van der Waals surface area contributed by atoms with Gasteiger partial charge in [0.05, 0.1) is 11.0 Å². The van der Waals surface area contributed by atoms with Crippen molar-refractivity contribution in [3.05, 3.63) is 31.3 Å². The Morgan fingerprint density at radius 3 is 2.50 bits per heavy atom. The molecule has 0 aliphatic rings. The second kappa shape index (κ2) is 3.81. The lowest BCUT2D eigenvalue weighted by Crippen LogP contribution is -2.23. The molecule has 1 aromatic rings. The number of aromatic carboxylic acids is 1. The molecule has 0 saturated heterocycles. The van der Waals surface area contributed by atoms with Crippen molar-refractivity contribution in [2.75, 3.05) is 0 Å². The van der Waals surface area contributed by atoms with E-state index in [4.69, 9.17) is 23.2 Å². The Labute approximate surface area is 92.6 Å². The number of hydrogen-bond donors (Lipinski definition) is 0. The SMILES string of the molecule is O=C([O-])c1cc(Cl)cc(Cl)c1I. The van der Waals surface area contributed by atoms with Gasteiger partial charge in [0, 0.05) is 14.2 Å². The number of hydrogen-bond acceptors (Lipinski definition) is 2. The maximum atomic E-state index is 10.5. The highest BCUT2D eigenvalue weighted by atomic mass is 127. The molecule has 0 aliphatic carbocycles. The minimum atomic E-state index is -1.27. The first-order valence-corrected chi connectivity index (χ1v) is 4.71. The lowest BCUT2D eigenvalue weighted by atomic mass is 10.2. The average Bonchev–Trinajstić information content (AvgIpc) is 1.96. The summed E-state index contributed by atoms with van der Waals surface area (Å²) in [5, 5.41) is 11.1. The molecule has 2 nitrogen and oxygen atoms in total. The number of carbonyl (C=O) groups is 1. The van der Waals surface area contributed by atoms with Gasteiger partial charge in [0.1, 0.15) is 0 Å². The van der Waals surface area contributed by atoms with Crippen LogP contribution < -0.4 is 5.11 Å². The Morgan fingerprint density at radius 1 is 1.42 bits per heavy atom. The van der Waals surface area contributed by atoms with Crippen LogP contribution in [0.4, 0.5) is 0 Å². The zero-order valence-corrected chi connectivity index (χ0v) is 9.27. The molecule has 0 N–H and O–H groups in total. The van der Waals surface area contributed by atoms with Crippen LogP contribution in [-0.4, -0.2) is 5.97 Å². The number of carboxylic acid groups (broad SMARTS) is 1. The molecule has 0 fully saturated rings. The van der Waals surface area contributed by atoms with Crippen LogP contribution in [0.2, 0.25) is 10.0 Å². The normalized spacial score (nSPS) is 9.92. The van der Waals surface area contributed by atoms with Crippen molar-refractivity contribution in [3.63, 3.8) is 0 Å². The molecule has 0 amide bonds. The lowest BCUT2D eigenvalue weighted by Gasteiger charge is -2.07. The van der Waals surface area contributed by atoms with Gasteiger partial charge >= 0.3 is 0 Å². The number of rotatable bonds is 1. The molecule has 0 bridgehead atoms. The number of carbonyl (C=O) groups excluding carboxylic acids is 1. The lowest BCUT2D eigenvalue weighted by molar-refractivity contribution is -0.255. The highest BCUT2D eigenvalue weighted by Crippen LogP contribution is 2.26. The van der Waals surface area contributed by atoms with Gasteiger partial charge < -0.3 is 9.90 Å². The molecule has 0 aromatic heterocycles. The standard InChI is InChI=1S/C7H3Cl2IO2/c8-3-1-4(7(11)12)6(10)5(9)2-3/h1-2H,(H,11,12)/p-1. The highest BCUT2D eigenvalue weighted by Gasteiger charge is 2.06. The third-order valence-electron chi connectivity index (χ3n) is 1.21. The minimum absolute atomic E-state index is 0.0214. The predicted molar refractivity (Wildman–Crippen MR) is 53.5 cm³/mol. The summed E-state index contributed by atoms with van der Waals surface area (Å²) in [6.07, 6.45) is 0. The second-order valence-electron chi connectivity index (χ2n) is 2.04. The van der Waals surface area contributed by atoms with Crippen LogP contribution in [0, 0.1) is 3.57 Å². The van der Waals surface area contributed by atoms with Gasteiger partial charge in [-0.05, 0) is 34.7 Å². The smallest absolute Gasteiger partial charge is 0.0727 e. The van der Waals surface area contributed by atoms with Gasteiger partial charge in [0.15, 0.2) is 0 Å². The van der Waals surface area contributed by atoms with E-state index in [1.54, 1.807) is 0 Å². The van der Waals surface area contributed by atoms with Crippen molar-refractivity contribution in [3.8, 4) is 0 Å². The number of carboxylic acids is 1. The fourth-order valence-electron chi connectivity index (χ4n) is 0.705. The number of benzene rings is 1. The van der Waals surface area contributed by atoms with Gasteiger partial charge in [-0.3, -0.25) is 0 Å². The molecule has 1 aromatic carbocycles. The second-order valence-corrected chi connectivity index (χ2v) is 3.96. The third-order valence-corrected chi connectivity index (χ3v) is 3.21. The quantitative estimate of drug-likeness (QED) is 0.587. The molecule has 0 spiro atoms. The maximum absolute atomic E-state index is 10.5. The molecule has 0 radical (unpaired) electrons. The molecule has 0 saturated carbocycles. The zero-order valence-electron chi connectivity index (χ0n) is 5.61. The van der Waals surface area contributed by atoms with Gasteiger partial charge in [0.2, 0.25) is 0 Å². The van der Waals surface area contributed by atoms with E-state index in [-0.39, 0.29) is 5.56 Å².